The number of benzene rings is 6. The standard InChI is InChI=1S/C18H12N2.2C14H11N4O2S.Ni.3H2O/c1-3-7-15-13(5-1)9-11-17(19-15)18-12-10-14-6-2-4-8-16(14)20-18;2*15-10-5-7-11(8-6-10)21(19,20)18-14-9-16-12-3-1-2-4-13(12)17-14;;;;/h1-12H;2*1-9H,15H2;;3*1H2/q;2*-1;+2;;;. The van der Waals surface area contributed by atoms with Gasteiger partial charge >= 0.3 is 16.5 Å². The zero-order valence-electron chi connectivity index (χ0n) is 34.3. The van der Waals surface area contributed by atoms with E-state index < -0.39 is 20.0 Å². The van der Waals surface area contributed by atoms with Crippen LogP contribution in [-0.4, -0.2) is 63.2 Å². The van der Waals surface area contributed by atoms with Crippen LogP contribution in [0.3, 0.4) is 0 Å². The minimum absolute atomic E-state index is 0. The Hall–Kier alpha value is -7.71. The summed E-state index contributed by atoms with van der Waals surface area (Å²) in [6.45, 7) is 0. The normalized spacial score (nSPS) is 10.6. The van der Waals surface area contributed by atoms with Gasteiger partial charge in [-0.1, -0.05) is 84.9 Å². The summed E-state index contributed by atoms with van der Waals surface area (Å²) in [7, 11) is -7.66. The van der Waals surface area contributed by atoms with Gasteiger partial charge in [0, 0.05) is 34.5 Å². The summed E-state index contributed by atoms with van der Waals surface area (Å²) in [4.78, 5) is 26.1. The van der Waals surface area contributed by atoms with E-state index in [-0.39, 0.29) is 54.3 Å². The molecule has 0 saturated heterocycles. The molecule has 0 saturated carbocycles. The molecule has 4 heterocycles. The fourth-order valence-corrected chi connectivity index (χ4v) is 7.87. The number of fused-ring (bicyclic) bond motifs is 4. The van der Waals surface area contributed by atoms with Crippen molar-refractivity contribution in [3.8, 4) is 11.4 Å². The molecule has 0 radical (unpaired) electrons. The van der Waals surface area contributed by atoms with E-state index >= 15 is 0 Å². The summed E-state index contributed by atoms with van der Waals surface area (Å²) in [6.07, 6.45) is 2.66. The number of pyridine rings is 2. The van der Waals surface area contributed by atoms with Gasteiger partial charge in [0.1, 0.15) is 0 Å². The Morgan fingerprint density at radius 1 is 0.364 bits per heavy atom. The van der Waals surface area contributed by atoms with Crippen molar-refractivity contribution < 1.29 is 49.8 Å². The van der Waals surface area contributed by atoms with Crippen LogP contribution in [0, 0.1) is 0 Å². The molecule has 0 aliphatic rings. The first-order chi connectivity index (χ1) is 30.0. The van der Waals surface area contributed by atoms with E-state index in [0.717, 1.165) is 33.2 Å². The van der Waals surface area contributed by atoms with E-state index in [2.05, 4.69) is 63.6 Å². The minimum atomic E-state index is -3.83. The van der Waals surface area contributed by atoms with Crippen molar-refractivity contribution in [1.82, 2.24) is 29.9 Å². The van der Waals surface area contributed by atoms with Crippen LogP contribution in [-0.2, 0) is 36.5 Å². The quantitative estimate of drug-likeness (QED) is 0.118. The molecule has 10 rings (SSSR count). The van der Waals surface area contributed by atoms with E-state index in [0.29, 0.717) is 33.4 Å². The molecule has 4 aromatic heterocycles. The number of hydrogen-bond donors (Lipinski definition) is 2. The number of nitrogens with two attached hydrogens (primary N) is 2. The molecule has 338 valence electrons. The molecule has 0 spiro atoms. The number of nitrogens with zero attached hydrogens (tertiary/aromatic N) is 8. The second-order valence-corrected chi connectivity index (χ2v) is 16.7. The molecule has 0 atom stereocenters. The van der Waals surface area contributed by atoms with Crippen LogP contribution in [0.1, 0.15) is 0 Å². The number of anilines is 2. The predicted octanol–water partition coefficient (Wildman–Crippen LogP) is 7.19. The van der Waals surface area contributed by atoms with Gasteiger partial charge in [0.2, 0.25) is 20.0 Å². The van der Waals surface area contributed by atoms with Gasteiger partial charge in [0.15, 0.2) is 0 Å². The fourth-order valence-electron chi connectivity index (χ4n) is 6.03. The van der Waals surface area contributed by atoms with Crippen molar-refractivity contribution in [2.75, 3.05) is 11.5 Å². The smallest absolute Gasteiger partial charge is 0.433 e. The van der Waals surface area contributed by atoms with Gasteiger partial charge < -0.3 is 47.3 Å². The summed E-state index contributed by atoms with van der Waals surface area (Å²) in [5.74, 6) is 0.0936. The van der Waals surface area contributed by atoms with E-state index in [4.69, 9.17) is 11.5 Å². The first-order valence-corrected chi connectivity index (χ1v) is 21.7. The van der Waals surface area contributed by atoms with E-state index in [1.54, 1.807) is 36.4 Å². The van der Waals surface area contributed by atoms with Gasteiger partial charge in [0.25, 0.3) is 0 Å². The monoisotopic (exact) mass is 966 g/mol. The third-order valence-electron chi connectivity index (χ3n) is 9.11. The molecular weight excluding hydrogens is 927 g/mol. The van der Waals surface area contributed by atoms with Crippen molar-refractivity contribution in [3.05, 3.63) is 192 Å². The van der Waals surface area contributed by atoms with Gasteiger partial charge in [-0.25, -0.2) is 26.8 Å². The molecule has 17 nitrogen and oxygen atoms in total. The van der Waals surface area contributed by atoms with Crippen LogP contribution in [0.25, 0.3) is 64.7 Å². The number of aromatic nitrogens is 6. The number of para-hydroxylation sites is 6. The second kappa shape index (κ2) is 22.3. The molecule has 20 heteroatoms. The SMILES string of the molecule is Nc1ccc(S(=O)(=O)[N-]c2cnc3ccccc3n2)cc1.Nc1ccc(S(=O)(=O)[N-]c2cnc3ccccc3n2)cc1.O.O.O.[Ni+2].c1ccc2nc(-c3ccc4ccccc4n3)ccc2c1. The van der Waals surface area contributed by atoms with Gasteiger partial charge in [-0.15, -0.1) is 0 Å². The number of hydrogen-bond acceptors (Lipinski definition) is 12. The summed E-state index contributed by atoms with van der Waals surface area (Å²) in [6, 6.07) is 50.5. The Morgan fingerprint density at radius 3 is 1.05 bits per heavy atom. The maximum Gasteiger partial charge on any atom is 2.00 e. The molecule has 0 unspecified atom stereocenters. The zero-order chi connectivity index (χ0) is 43.1. The molecule has 0 bridgehead atoms. The summed E-state index contributed by atoms with van der Waals surface area (Å²) < 4.78 is 56.1. The molecule has 6 aromatic carbocycles. The van der Waals surface area contributed by atoms with Gasteiger partial charge in [-0.3, -0.25) is 9.97 Å². The van der Waals surface area contributed by atoms with Crippen LogP contribution in [0.5, 0.6) is 0 Å². The summed E-state index contributed by atoms with van der Waals surface area (Å²) >= 11 is 0. The molecule has 0 fully saturated rings. The minimum Gasteiger partial charge on any atom is -0.433 e. The average molecular weight is 968 g/mol. The van der Waals surface area contributed by atoms with Crippen molar-refractivity contribution >= 4 is 86.9 Å². The molecule has 0 aliphatic carbocycles. The number of nitrogen functional groups attached to an aromatic ring is 2. The van der Waals surface area contributed by atoms with Crippen LogP contribution in [0.15, 0.2) is 192 Å². The maximum absolute atomic E-state index is 12.2. The van der Waals surface area contributed by atoms with E-state index in [9.17, 15) is 16.8 Å². The molecule has 10 N–H and O–H groups in total. The topological polar surface area (TPSA) is 320 Å². The van der Waals surface area contributed by atoms with Crippen molar-refractivity contribution in [2.24, 2.45) is 0 Å². The average Bonchev–Trinajstić information content (AvgIpc) is 3.29. The predicted molar refractivity (Wildman–Crippen MR) is 255 cm³/mol. The first-order valence-electron chi connectivity index (χ1n) is 18.8. The van der Waals surface area contributed by atoms with Crippen molar-refractivity contribution in [2.45, 2.75) is 9.79 Å². The van der Waals surface area contributed by atoms with Gasteiger partial charge in [-0.2, -0.15) is 0 Å². The van der Waals surface area contributed by atoms with Crippen LogP contribution >= 0.6 is 0 Å². The third kappa shape index (κ3) is 12.3. The van der Waals surface area contributed by atoms with Gasteiger partial charge in [-0.05, 0) is 108 Å². The van der Waals surface area contributed by atoms with Crippen LogP contribution in [0.4, 0.5) is 23.0 Å². The van der Waals surface area contributed by atoms with Crippen molar-refractivity contribution in [1.29, 1.82) is 0 Å². The fraction of sp³-hybridized carbons (Fsp3) is 0. The Morgan fingerprint density at radius 2 is 0.682 bits per heavy atom. The largest absolute Gasteiger partial charge is 2.00 e. The molecule has 0 aliphatic heterocycles. The number of rotatable bonds is 7. The molecule has 10 aromatic rings. The molecular formula is C46H40N10NiO7S2. The Labute approximate surface area is 389 Å². The van der Waals surface area contributed by atoms with Crippen LogP contribution in [0.2, 0.25) is 0 Å². The molecule has 0 amide bonds. The number of sulfonamides is 2. The van der Waals surface area contributed by atoms with Crippen LogP contribution < -0.4 is 11.5 Å². The van der Waals surface area contributed by atoms with E-state index in [1.165, 1.54) is 60.9 Å². The van der Waals surface area contributed by atoms with Gasteiger partial charge in [0.05, 0.1) is 43.2 Å². The second-order valence-electron chi connectivity index (χ2n) is 13.5. The molecule has 66 heavy (non-hydrogen) atoms. The summed E-state index contributed by atoms with van der Waals surface area (Å²) in [5, 5.41) is 2.30. The first kappa shape index (κ1) is 50.9. The Kier molecular flexibility index (Phi) is 17.2. The third-order valence-corrected chi connectivity index (χ3v) is 11.7. The van der Waals surface area contributed by atoms with E-state index in [1.807, 2.05) is 60.7 Å². The summed E-state index contributed by atoms with van der Waals surface area (Å²) in [5.41, 5.74) is 18.4. The Bertz CT molecular complexity index is 3220. The Balaban J connectivity index is 0.000000210. The zero-order valence-corrected chi connectivity index (χ0v) is 36.9. The maximum atomic E-state index is 12.2. The van der Waals surface area contributed by atoms with Crippen molar-refractivity contribution in [3.63, 3.8) is 0 Å².